The predicted molar refractivity (Wildman–Crippen MR) is 120 cm³/mol. The van der Waals surface area contributed by atoms with Gasteiger partial charge in [0.15, 0.2) is 18.1 Å². The Hall–Kier alpha value is -4.09. The van der Waals surface area contributed by atoms with Crippen LogP contribution in [0, 0.1) is 0 Å². The van der Waals surface area contributed by atoms with Crippen molar-refractivity contribution in [2.45, 2.75) is 19.0 Å². The highest BCUT2D eigenvalue weighted by Gasteiger charge is 2.30. The molecular weight excluding hydrogens is 469 g/mol. The van der Waals surface area contributed by atoms with E-state index in [2.05, 4.69) is 10.4 Å². The third-order valence-corrected chi connectivity index (χ3v) is 5.03. The van der Waals surface area contributed by atoms with Gasteiger partial charge in [-0.2, -0.15) is 18.3 Å². The fourth-order valence-corrected chi connectivity index (χ4v) is 3.26. The smallest absolute Gasteiger partial charge is 0.416 e. The van der Waals surface area contributed by atoms with Gasteiger partial charge in [0.1, 0.15) is 0 Å². The van der Waals surface area contributed by atoms with Gasteiger partial charge < -0.3 is 19.7 Å². The molecule has 1 aliphatic heterocycles. The molecule has 2 aromatic rings. The molecule has 0 bridgehead atoms. The second-order valence-electron chi connectivity index (χ2n) is 7.52. The summed E-state index contributed by atoms with van der Waals surface area (Å²) in [6.45, 7) is 1.32. The van der Waals surface area contributed by atoms with E-state index in [1.807, 2.05) is 5.43 Å². The highest BCUT2D eigenvalue weighted by Crippen LogP contribution is 2.30. The number of nitrogens with one attached hydrogen (secondary N) is 2. The molecule has 1 heterocycles. The topological polar surface area (TPSA) is 109 Å². The van der Waals surface area contributed by atoms with Crippen LogP contribution in [0.4, 0.5) is 18.9 Å². The minimum atomic E-state index is -4.58. The Balaban J connectivity index is 1.54. The van der Waals surface area contributed by atoms with Crippen molar-refractivity contribution in [2.75, 3.05) is 32.1 Å². The third kappa shape index (κ3) is 7.19. The number of hydrogen-bond acceptors (Lipinski definition) is 6. The summed E-state index contributed by atoms with van der Waals surface area (Å²) in [5.41, 5.74) is 1.33. The zero-order chi connectivity index (χ0) is 25.4. The quantitative estimate of drug-likeness (QED) is 0.351. The molecule has 2 N–H and O–H groups in total. The molecule has 0 radical (unpaired) electrons. The maximum absolute atomic E-state index is 12.8. The number of carbonyl (C=O) groups excluding carboxylic acids is 3. The number of nitrogens with zero attached hydrogens (tertiary/aromatic N) is 2. The first-order valence-electron chi connectivity index (χ1n) is 10.6. The van der Waals surface area contributed by atoms with Crippen LogP contribution in [0.15, 0.2) is 47.6 Å². The number of rotatable bonds is 7. The first kappa shape index (κ1) is 25.5. The number of carbonyl (C=O) groups is 3. The molecule has 12 heteroatoms. The number of halogens is 3. The molecule has 0 saturated carbocycles. The van der Waals surface area contributed by atoms with Crippen LogP contribution in [0.3, 0.4) is 0 Å². The second-order valence-corrected chi connectivity index (χ2v) is 7.52. The third-order valence-electron chi connectivity index (χ3n) is 5.03. The number of amides is 3. The highest BCUT2D eigenvalue weighted by atomic mass is 19.4. The van der Waals surface area contributed by atoms with Crippen molar-refractivity contribution < 1.29 is 37.0 Å². The Bertz CT molecular complexity index is 1110. The lowest BCUT2D eigenvalue weighted by Gasteiger charge is -2.16. The van der Waals surface area contributed by atoms with Gasteiger partial charge in [0.05, 0.1) is 18.9 Å². The minimum absolute atomic E-state index is 0.110. The Morgan fingerprint density at radius 3 is 2.49 bits per heavy atom. The average Bonchev–Trinajstić information content (AvgIpc) is 3.37. The van der Waals surface area contributed by atoms with Crippen LogP contribution in [0.5, 0.6) is 11.5 Å². The van der Waals surface area contributed by atoms with Crippen molar-refractivity contribution in [3.05, 3.63) is 53.6 Å². The Kier molecular flexibility index (Phi) is 8.29. The summed E-state index contributed by atoms with van der Waals surface area (Å²) in [6.07, 6.45) is -1.39. The molecule has 2 aromatic carbocycles. The Morgan fingerprint density at radius 1 is 1.06 bits per heavy atom. The van der Waals surface area contributed by atoms with E-state index in [4.69, 9.17) is 9.47 Å². The first-order valence-corrected chi connectivity index (χ1v) is 10.6. The van der Waals surface area contributed by atoms with Gasteiger partial charge in [-0.15, -0.1) is 0 Å². The molecule has 1 fully saturated rings. The molecule has 0 atom stereocenters. The van der Waals surface area contributed by atoms with E-state index < -0.39 is 23.6 Å². The lowest BCUT2D eigenvalue weighted by Crippen LogP contribution is -2.32. The van der Waals surface area contributed by atoms with Gasteiger partial charge in [0.25, 0.3) is 5.91 Å². The van der Waals surface area contributed by atoms with E-state index in [1.165, 1.54) is 19.4 Å². The Labute approximate surface area is 198 Å². The SMILES string of the molecule is COc1cc(/C=N\NC(=O)C(=O)Nc2cccc(C(F)(F)F)c2)ccc1OCC(=O)N1CCCC1. The van der Waals surface area contributed by atoms with Gasteiger partial charge in [-0.1, -0.05) is 6.07 Å². The van der Waals surface area contributed by atoms with Gasteiger partial charge in [0, 0.05) is 18.8 Å². The summed E-state index contributed by atoms with van der Waals surface area (Å²) >= 11 is 0. The van der Waals surface area contributed by atoms with Gasteiger partial charge in [-0.05, 0) is 54.8 Å². The predicted octanol–water partition coefficient (Wildman–Crippen LogP) is 2.80. The lowest BCUT2D eigenvalue weighted by molar-refractivity contribution is -0.137. The van der Waals surface area contributed by atoms with Crippen LogP contribution in [-0.4, -0.2) is 55.6 Å². The summed E-state index contributed by atoms with van der Waals surface area (Å²) in [6, 6.07) is 8.60. The van der Waals surface area contributed by atoms with Crippen molar-refractivity contribution >= 4 is 29.6 Å². The second kappa shape index (κ2) is 11.4. The zero-order valence-corrected chi connectivity index (χ0v) is 18.7. The number of anilines is 1. The van der Waals surface area contributed by atoms with Crippen LogP contribution in [0.25, 0.3) is 0 Å². The zero-order valence-electron chi connectivity index (χ0n) is 18.7. The molecule has 35 heavy (non-hydrogen) atoms. The fourth-order valence-electron chi connectivity index (χ4n) is 3.26. The van der Waals surface area contributed by atoms with E-state index in [-0.39, 0.29) is 18.2 Å². The van der Waals surface area contributed by atoms with Crippen molar-refractivity contribution in [3.8, 4) is 11.5 Å². The summed E-state index contributed by atoms with van der Waals surface area (Å²) in [4.78, 5) is 37.7. The molecular formula is C23H23F3N4O5. The van der Waals surface area contributed by atoms with Crippen LogP contribution < -0.4 is 20.2 Å². The molecule has 1 aliphatic rings. The van der Waals surface area contributed by atoms with E-state index in [9.17, 15) is 27.6 Å². The van der Waals surface area contributed by atoms with Gasteiger partial charge in [-0.3, -0.25) is 14.4 Å². The molecule has 1 saturated heterocycles. The van der Waals surface area contributed by atoms with E-state index >= 15 is 0 Å². The maximum Gasteiger partial charge on any atom is 0.416 e. The van der Waals surface area contributed by atoms with Crippen molar-refractivity contribution in [3.63, 3.8) is 0 Å². The molecule has 186 valence electrons. The highest BCUT2D eigenvalue weighted by molar-refractivity contribution is 6.39. The number of hydrazone groups is 1. The Morgan fingerprint density at radius 2 is 1.80 bits per heavy atom. The number of hydrogen-bond donors (Lipinski definition) is 2. The molecule has 0 aromatic heterocycles. The summed E-state index contributed by atoms with van der Waals surface area (Å²) in [5, 5.41) is 5.75. The number of likely N-dealkylation sites (tertiary alicyclic amines) is 1. The normalized spacial score (nSPS) is 13.5. The molecule has 3 rings (SSSR count). The van der Waals surface area contributed by atoms with Crippen molar-refractivity contribution in [1.29, 1.82) is 0 Å². The summed E-state index contributed by atoms with van der Waals surface area (Å²) in [7, 11) is 1.42. The number of methoxy groups -OCH3 is 1. The minimum Gasteiger partial charge on any atom is -0.493 e. The number of alkyl halides is 3. The van der Waals surface area contributed by atoms with Crippen LogP contribution in [0.1, 0.15) is 24.0 Å². The standard InChI is InChI=1S/C23H23F3N4O5/c1-34-19-11-15(7-8-18(19)35-14-20(31)30-9-2-3-10-30)13-27-29-22(33)21(32)28-17-6-4-5-16(12-17)23(24,25)26/h4-8,11-13H,2-3,9-10,14H2,1H3,(H,28,32)(H,29,33)/b27-13-. The van der Waals surface area contributed by atoms with Gasteiger partial charge in [-0.25, -0.2) is 5.43 Å². The van der Waals surface area contributed by atoms with E-state index in [1.54, 1.807) is 23.1 Å². The van der Waals surface area contributed by atoms with Crippen LogP contribution in [-0.2, 0) is 20.6 Å². The average molecular weight is 492 g/mol. The van der Waals surface area contributed by atoms with Crippen LogP contribution in [0.2, 0.25) is 0 Å². The summed E-state index contributed by atoms with van der Waals surface area (Å²) < 4.78 is 49.1. The van der Waals surface area contributed by atoms with Gasteiger partial charge >= 0.3 is 18.0 Å². The fraction of sp³-hybridized carbons (Fsp3) is 0.304. The van der Waals surface area contributed by atoms with E-state index in [0.29, 0.717) is 23.1 Å². The van der Waals surface area contributed by atoms with Crippen LogP contribution >= 0.6 is 0 Å². The van der Waals surface area contributed by atoms with Gasteiger partial charge in [0.2, 0.25) is 0 Å². The van der Waals surface area contributed by atoms with Crippen molar-refractivity contribution in [1.82, 2.24) is 10.3 Å². The molecule has 9 nitrogen and oxygen atoms in total. The largest absolute Gasteiger partial charge is 0.493 e. The lowest BCUT2D eigenvalue weighted by atomic mass is 10.2. The first-order chi connectivity index (χ1) is 16.7. The van der Waals surface area contributed by atoms with E-state index in [0.717, 1.165) is 38.1 Å². The molecule has 3 amide bonds. The number of ether oxygens (including phenoxy) is 2. The monoisotopic (exact) mass is 492 g/mol. The van der Waals surface area contributed by atoms with Crippen molar-refractivity contribution in [2.24, 2.45) is 5.10 Å². The molecule has 0 spiro atoms. The molecule has 0 aliphatic carbocycles. The summed E-state index contributed by atoms with van der Waals surface area (Å²) in [5.74, 6) is -1.80. The number of benzene rings is 2. The molecule has 0 unspecified atom stereocenters. The maximum atomic E-state index is 12.8.